The molecule has 0 spiro atoms. The number of hydrogen-bond donors (Lipinski definition) is 2. The Bertz CT molecular complexity index is 804. The second-order valence-corrected chi connectivity index (χ2v) is 15.0. The molecule has 1 aromatic heterocycles. The van der Waals surface area contributed by atoms with Crippen molar-refractivity contribution in [1.29, 1.82) is 0 Å². The Morgan fingerprint density at radius 3 is 2.58 bits per heavy atom. The predicted octanol–water partition coefficient (Wildman–Crippen LogP) is 4.08. The quantitative estimate of drug-likeness (QED) is 0.379. The lowest BCUT2D eigenvalue weighted by Gasteiger charge is -2.45. The Kier molecular flexibility index (Phi) is 7.37. The average molecular weight is 453 g/mol. The molecule has 174 valence electrons. The third-order valence-electron chi connectivity index (χ3n) is 6.20. The van der Waals surface area contributed by atoms with Crippen LogP contribution in [-0.4, -0.2) is 53.8 Å². The second-order valence-electron chi connectivity index (χ2n) is 10.5. The van der Waals surface area contributed by atoms with Gasteiger partial charge in [-0.1, -0.05) is 13.8 Å². The van der Waals surface area contributed by atoms with E-state index in [-0.39, 0.29) is 22.7 Å². The number of pyridine rings is 1. The first-order valence-corrected chi connectivity index (χ1v) is 13.6. The van der Waals surface area contributed by atoms with Crippen LogP contribution in [-0.2, 0) is 4.74 Å². The van der Waals surface area contributed by atoms with Gasteiger partial charge in [0.15, 0.2) is 8.32 Å². The van der Waals surface area contributed by atoms with Crippen LogP contribution in [0.4, 0.5) is 16.2 Å². The Labute approximate surface area is 185 Å². The maximum atomic E-state index is 12.5. The van der Waals surface area contributed by atoms with Gasteiger partial charge in [-0.2, -0.15) is 0 Å². The third-order valence-corrected chi connectivity index (χ3v) is 9.72. The van der Waals surface area contributed by atoms with E-state index < -0.39 is 24.9 Å². The van der Waals surface area contributed by atoms with Crippen LogP contribution in [0.15, 0.2) is 18.5 Å². The van der Waals surface area contributed by atoms with E-state index in [1.54, 1.807) is 26.8 Å². The molecule has 0 bridgehead atoms. The van der Waals surface area contributed by atoms with Crippen LogP contribution in [0.3, 0.4) is 0 Å². The Hall–Kier alpha value is -2.20. The normalized spacial score (nSPS) is 20.3. The average Bonchev–Trinajstić information content (AvgIpc) is 2.60. The molecule has 0 radical (unpaired) electrons. The number of ether oxygens (including phenoxy) is 1. The molecule has 0 aromatic carbocycles. The number of nitro groups is 1. The molecule has 2 rings (SSSR count). The summed E-state index contributed by atoms with van der Waals surface area (Å²) in [5, 5.41) is 14.2. The number of rotatable bonds is 6. The van der Waals surface area contributed by atoms with E-state index in [0.717, 1.165) is 12.8 Å². The number of piperidine rings is 1. The third kappa shape index (κ3) is 6.64. The monoisotopic (exact) mass is 452 g/mol. The SMILES string of the molecule is CC(C)(C)OC(=O)NC1CN(c2ccncc2[N+](=O)[O-])CCC1CC(C)(C)[Si](C)(C)O. The molecule has 2 unspecified atom stereocenters. The van der Waals surface area contributed by atoms with E-state index in [2.05, 4.69) is 24.1 Å². The molecule has 2 atom stereocenters. The number of carbonyl (C=O) groups is 1. The van der Waals surface area contributed by atoms with Gasteiger partial charge in [-0.25, -0.2) is 4.79 Å². The molecule has 1 amide bonds. The highest BCUT2D eigenvalue weighted by molar-refractivity contribution is 6.72. The van der Waals surface area contributed by atoms with Crippen molar-refractivity contribution in [2.45, 2.75) is 77.2 Å². The van der Waals surface area contributed by atoms with E-state index >= 15 is 0 Å². The number of anilines is 1. The van der Waals surface area contributed by atoms with Crippen molar-refractivity contribution < 1.29 is 19.3 Å². The van der Waals surface area contributed by atoms with Crippen LogP contribution in [0, 0.1) is 16.0 Å². The molecule has 0 aliphatic carbocycles. The summed E-state index contributed by atoms with van der Waals surface area (Å²) in [7, 11) is -2.44. The number of nitrogens with zero attached hydrogens (tertiary/aromatic N) is 3. The summed E-state index contributed by atoms with van der Waals surface area (Å²) in [6.45, 7) is 14.5. The molecule has 31 heavy (non-hydrogen) atoms. The maximum Gasteiger partial charge on any atom is 0.407 e. The van der Waals surface area contributed by atoms with Crippen LogP contribution in [0.2, 0.25) is 18.1 Å². The number of carbonyl (C=O) groups excluding carboxylic acids is 1. The molecule has 1 aromatic rings. The first-order valence-electron chi connectivity index (χ1n) is 10.7. The lowest BCUT2D eigenvalue weighted by Crippen LogP contribution is -2.55. The zero-order valence-electron chi connectivity index (χ0n) is 19.6. The topological polar surface area (TPSA) is 118 Å². The Balaban J connectivity index is 2.28. The number of amides is 1. The summed E-state index contributed by atoms with van der Waals surface area (Å²) >= 11 is 0. The van der Waals surface area contributed by atoms with Crippen molar-refractivity contribution in [2.75, 3.05) is 18.0 Å². The molecule has 0 saturated carbocycles. The summed E-state index contributed by atoms with van der Waals surface area (Å²) in [5.74, 6) is 0.110. The van der Waals surface area contributed by atoms with Gasteiger partial charge in [-0.15, -0.1) is 0 Å². The van der Waals surface area contributed by atoms with Gasteiger partial charge in [0, 0.05) is 19.3 Å². The van der Waals surface area contributed by atoms with E-state index in [1.165, 1.54) is 12.4 Å². The number of aromatic nitrogens is 1. The van der Waals surface area contributed by atoms with Gasteiger partial charge < -0.3 is 19.7 Å². The van der Waals surface area contributed by atoms with E-state index in [0.29, 0.717) is 18.8 Å². The molecule has 9 nitrogen and oxygen atoms in total. The first kappa shape index (κ1) is 25.1. The highest BCUT2D eigenvalue weighted by Crippen LogP contribution is 2.44. The molecule has 10 heteroatoms. The lowest BCUT2D eigenvalue weighted by atomic mass is 9.84. The fraction of sp³-hybridized carbons (Fsp3) is 0.714. The number of hydrogen-bond acceptors (Lipinski definition) is 7. The minimum atomic E-state index is -2.44. The molecule has 1 fully saturated rings. The van der Waals surface area contributed by atoms with Gasteiger partial charge in [0.2, 0.25) is 0 Å². The standard InChI is InChI=1S/C21H36N4O5Si/c1-20(2,3)30-19(26)23-16-14-24(17-8-10-22-13-18(17)25(27)28)11-9-15(16)12-21(4,5)31(6,7)29/h8,10,13,15-16,29H,9,11-12,14H2,1-7H3,(H,23,26). The molecule has 1 aliphatic rings. The molecular formula is C21H36N4O5Si. The van der Waals surface area contributed by atoms with Gasteiger partial charge in [0.25, 0.3) is 0 Å². The zero-order valence-corrected chi connectivity index (χ0v) is 20.6. The highest BCUT2D eigenvalue weighted by atomic mass is 28.4. The molecular weight excluding hydrogens is 416 g/mol. The van der Waals surface area contributed by atoms with Crippen molar-refractivity contribution in [3.8, 4) is 0 Å². The summed E-state index contributed by atoms with van der Waals surface area (Å²) in [6.07, 6.45) is 3.75. The van der Waals surface area contributed by atoms with Crippen LogP contribution < -0.4 is 10.2 Å². The van der Waals surface area contributed by atoms with E-state index in [1.807, 2.05) is 18.0 Å². The first-order chi connectivity index (χ1) is 14.1. The van der Waals surface area contributed by atoms with Crippen LogP contribution in [0.5, 0.6) is 0 Å². The molecule has 2 N–H and O–H groups in total. The number of alkyl carbamates (subject to hydrolysis) is 1. The van der Waals surface area contributed by atoms with Crippen LogP contribution in [0.1, 0.15) is 47.5 Å². The van der Waals surface area contributed by atoms with Crippen molar-refractivity contribution in [1.82, 2.24) is 10.3 Å². The summed E-state index contributed by atoms with van der Waals surface area (Å²) in [5.41, 5.74) is -0.191. The lowest BCUT2D eigenvalue weighted by molar-refractivity contribution is -0.384. The maximum absolute atomic E-state index is 12.5. The van der Waals surface area contributed by atoms with Crippen molar-refractivity contribution in [3.05, 3.63) is 28.6 Å². The summed E-state index contributed by atoms with van der Waals surface area (Å²) in [4.78, 5) is 40.1. The highest BCUT2D eigenvalue weighted by Gasteiger charge is 2.43. The largest absolute Gasteiger partial charge is 0.444 e. The fourth-order valence-electron chi connectivity index (χ4n) is 3.78. The van der Waals surface area contributed by atoms with E-state index in [9.17, 15) is 19.7 Å². The number of nitrogens with one attached hydrogen (secondary N) is 1. The van der Waals surface area contributed by atoms with Gasteiger partial charge in [-0.05, 0) is 63.7 Å². The van der Waals surface area contributed by atoms with Crippen LogP contribution >= 0.6 is 0 Å². The summed E-state index contributed by atoms with van der Waals surface area (Å²) in [6, 6.07) is 1.36. The predicted molar refractivity (Wildman–Crippen MR) is 123 cm³/mol. The van der Waals surface area contributed by atoms with Crippen molar-refractivity contribution >= 4 is 25.8 Å². The fourth-order valence-corrected chi connectivity index (χ4v) is 4.54. The molecule has 2 heterocycles. The van der Waals surface area contributed by atoms with Gasteiger partial charge in [0.1, 0.15) is 17.5 Å². The smallest absolute Gasteiger partial charge is 0.407 e. The van der Waals surface area contributed by atoms with Gasteiger partial charge >= 0.3 is 11.8 Å². The van der Waals surface area contributed by atoms with Crippen molar-refractivity contribution in [2.24, 2.45) is 5.92 Å². The molecule has 1 saturated heterocycles. The Morgan fingerprint density at radius 1 is 1.39 bits per heavy atom. The van der Waals surface area contributed by atoms with Gasteiger partial charge in [0.05, 0.1) is 11.0 Å². The molecule has 1 aliphatic heterocycles. The van der Waals surface area contributed by atoms with E-state index in [4.69, 9.17) is 4.74 Å². The second kappa shape index (κ2) is 9.11. The minimum absolute atomic E-state index is 0.0544. The van der Waals surface area contributed by atoms with Crippen LogP contribution in [0.25, 0.3) is 0 Å². The van der Waals surface area contributed by atoms with Crippen molar-refractivity contribution in [3.63, 3.8) is 0 Å². The van der Waals surface area contributed by atoms with Gasteiger partial charge in [-0.3, -0.25) is 15.1 Å². The zero-order chi connectivity index (χ0) is 23.6. The summed E-state index contributed by atoms with van der Waals surface area (Å²) < 4.78 is 5.46. The minimum Gasteiger partial charge on any atom is -0.444 e. The Morgan fingerprint density at radius 2 is 2.03 bits per heavy atom.